The fourth-order valence-electron chi connectivity index (χ4n) is 2.75. The number of pyridine rings is 1. The van der Waals surface area contributed by atoms with Crippen LogP contribution in [0.15, 0.2) is 53.4 Å². The molecular weight excluding hydrogens is 276 g/mol. The van der Waals surface area contributed by atoms with Gasteiger partial charge in [0.05, 0.1) is 12.0 Å². The van der Waals surface area contributed by atoms with Crippen LogP contribution in [0.4, 0.5) is 5.95 Å². The first-order valence-corrected chi connectivity index (χ1v) is 7.49. The molecule has 0 amide bonds. The van der Waals surface area contributed by atoms with Gasteiger partial charge in [-0.3, -0.25) is 4.98 Å². The summed E-state index contributed by atoms with van der Waals surface area (Å²) in [4.78, 5) is 15.9. The lowest BCUT2D eigenvalue weighted by Gasteiger charge is -2.16. The second-order valence-corrected chi connectivity index (χ2v) is 5.32. The van der Waals surface area contributed by atoms with Crippen LogP contribution in [0.5, 0.6) is 0 Å². The van der Waals surface area contributed by atoms with E-state index in [-0.39, 0.29) is 0 Å². The molecule has 3 aromatic rings. The van der Waals surface area contributed by atoms with Gasteiger partial charge in [-0.2, -0.15) is 0 Å². The summed E-state index contributed by atoms with van der Waals surface area (Å²) in [5.74, 6) is 1.51. The van der Waals surface area contributed by atoms with Crippen LogP contribution in [0.25, 0.3) is 22.7 Å². The van der Waals surface area contributed by atoms with Crippen LogP contribution >= 0.6 is 0 Å². The smallest absolute Gasteiger partial charge is 0.226 e. The molecule has 0 atom stereocenters. The molecule has 0 aliphatic carbocycles. The molecule has 0 saturated carbocycles. The summed E-state index contributed by atoms with van der Waals surface area (Å²) in [7, 11) is 0. The maximum Gasteiger partial charge on any atom is 0.226 e. The van der Waals surface area contributed by atoms with Gasteiger partial charge in [-0.25, -0.2) is 9.97 Å². The second kappa shape index (κ2) is 5.60. The number of hydrogen-bond donors (Lipinski definition) is 0. The Balaban J connectivity index is 1.84. The summed E-state index contributed by atoms with van der Waals surface area (Å²) in [6.07, 6.45) is 7.68. The summed E-state index contributed by atoms with van der Waals surface area (Å²) in [5.41, 5.74) is 2.53. The van der Waals surface area contributed by atoms with Crippen molar-refractivity contribution in [1.82, 2.24) is 15.0 Å². The molecule has 5 nitrogen and oxygen atoms in total. The third kappa shape index (κ3) is 2.35. The van der Waals surface area contributed by atoms with E-state index in [0.717, 1.165) is 41.7 Å². The minimum Gasteiger partial charge on any atom is -0.463 e. The SMILES string of the molecule is c1ccc(-c2cnc(N3CCCC3)nc2-c2ccco2)nc1. The van der Waals surface area contributed by atoms with Gasteiger partial charge in [0.15, 0.2) is 5.76 Å². The monoisotopic (exact) mass is 292 g/mol. The Bertz CT molecular complexity index is 750. The van der Waals surface area contributed by atoms with Crippen LogP contribution in [-0.4, -0.2) is 28.0 Å². The molecule has 3 aromatic heterocycles. The summed E-state index contributed by atoms with van der Waals surface area (Å²) in [6, 6.07) is 9.61. The largest absolute Gasteiger partial charge is 0.463 e. The van der Waals surface area contributed by atoms with Crippen molar-refractivity contribution in [3.8, 4) is 22.7 Å². The average Bonchev–Trinajstić information content (AvgIpc) is 3.29. The van der Waals surface area contributed by atoms with Gasteiger partial charge in [-0.1, -0.05) is 6.07 Å². The van der Waals surface area contributed by atoms with Gasteiger partial charge in [0.25, 0.3) is 0 Å². The van der Waals surface area contributed by atoms with Gasteiger partial charge >= 0.3 is 0 Å². The molecule has 1 aliphatic heterocycles. The van der Waals surface area contributed by atoms with Crippen LogP contribution in [-0.2, 0) is 0 Å². The van der Waals surface area contributed by atoms with Gasteiger partial charge < -0.3 is 9.32 Å². The highest BCUT2D eigenvalue weighted by Crippen LogP contribution is 2.31. The minimum absolute atomic E-state index is 0.739. The van der Waals surface area contributed by atoms with Crippen LogP contribution in [0.2, 0.25) is 0 Å². The van der Waals surface area contributed by atoms with Gasteiger partial charge in [-0.05, 0) is 37.1 Å². The number of aromatic nitrogens is 3. The van der Waals surface area contributed by atoms with E-state index in [1.807, 2.05) is 36.5 Å². The molecule has 0 unspecified atom stereocenters. The number of hydrogen-bond acceptors (Lipinski definition) is 5. The first-order chi connectivity index (χ1) is 10.9. The highest BCUT2D eigenvalue weighted by molar-refractivity contribution is 5.76. The van der Waals surface area contributed by atoms with E-state index in [0.29, 0.717) is 0 Å². The van der Waals surface area contributed by atoms with E-state index < -0.39 is 0 Å². The predicted octanol–water partition coefficient (Wildman–Crippen LogP) is 3.40. The maximum atomic E-state index is 5.56. The standard InChI is InChI=1S/C17H16N4O/c1-2-8-18-14(6-1)13-12-19-17(21-9-3-4-10-21)20-16(13)15-7-5-11-22-15/h1-2,5-8,11-12H,3-4,9-10H2. The molecule has 22 heavy (non-hydrogen) atoms. The fourth-order valence-corrected chi connectivity index (χ4v) is 2.75. The van der Waals surface area contributed by atoms with E-state index in [2.05, 4.69) is 14.9 Å². The van der Waals surface area contributed by atoms with Crippen LogP contribution in [0.1, 0.15) is 12.8 Å². The molecule has 0 N–H and O–H groups in total. The van der Waals surface area contributed by atoms with Crippen molar-refractivity contribution >= 4 is 5.95 Å². The fraction of sp³-hybridized carbons (Fsp3) is 0.235. The Morgan fingerprint density at radius 3 is 2.64 bits per heavy atom. The Morgan fingerprint density at radius 2 is 1.91 bits per heavy atom. The highest BCUT2D eigenvalue weighted by Gasteiger charge is 2.19. The lowest BCUT2D eigenvalue weighted by molar-refractivity contribution is 0.580. The van der Waals surface area contributed by atoms with Gasteiger partial charge in [-0.15, -0.1) is 0 Å². The molecule has 0 aromatic carbocycles. The van der Waals surface area contributed by atoms with E-state index in [9.17, 15) is 0 Å². The van der Waals surface area contributed by atoms with E-state index in [4.69, 9.17) is 9.40 Å². The normalized spacial score (nSPS) is 14.5. The Labute approximate surface area is 128 Å². The van der Waals surface area contributed by atoms with Crippen molar-refractivity contribution in [2.24, 2.45) is 0 Å². The Hall–Kier alpha value is -2.69. The summed E-state index contributed by atoms with van der Waals surface area (Å²) >= 11 is 0. The molecule has 5 heteroatoms. The van der Waals surface area contributed by atoms with Crippen LogP contribution in [0.3, 0.4) is 0 Å². The summed E-state index contributed by atoms with van der Waals surface area (Å²) in [5, 5.41) is 0. The van der Waals surface area contributed by atoms with Gasteiger partial charge in [0, 0.05) is 31.0 Å². The third-order valence-electron chi connectivity index (χ3n) is 3.86. The molecule has 1 saturated heterocycles. The lowest BCUT2D eigenvalue weighted by Crippen LogP contribution is -2.20. The zero-order valence-electron chi connectivity index (χ0n) is 12.1. The quantitative estimate of drug-likeness (QED) is 0.740. The van der Waals surface area contributed by atoms with Gasteiger partial charge in [0.2, 0.25) is 5.95 Å². The average molecular weight is 292 g/mol. The molecule has 4 heterocycles. The molecule has 0 bridgehead atoms. The molecule has 0 spiro atoms. The second-order valence-electron chi connectivity index (χ2n) is 5.32. The highest BCUT2D eigenvalue weighted by atomic mass is 16.3. The van der Waals surface area contributed by atoms with Crippen molar-refractivity contribution in [1.29, 1.82) is 0 Å². The van der Waals surface area contributed by atoms with Crippen molar-refractivity contribution in [2.45, 2.75) is 12.8 Å². The maximum absolute atomic E-state index is 5.56. The van der Waals surface area contributed by atoms with Crippen LogP contribution < -0.4 is 4.90 Å². The topological polar surface area (TPSA) is 55.1 Å². The van der Waals surface area contributed by atoms with Crippen LogP contribution in [0, 0.1) is 0 Å². The van der Waals surface area contributed by atoms with Crippen molar-refractivity contribution in [3.63, 3.8) is 0 Å². The molecule has 1 fully saturated rings. The first kappa shape index (κ1) is 13.0. The van der Waals surface area contributed by atoms with E-state index in [1.165, 1.54) is 12.8 Å². The Kier molecular flexibility index (Phi) is 3.31. The molecular formula is C17H16N4O. The first-order valence-electron chi connectivity index (χ1n) is 7.49. The minimum atomic E-state index is 0.739. The zero-order chi connectivity index (χ0) is 14.8. The third-order valence-corrected chi connectivity index (χ3v) is 3.86. The summed E-state index contributed by atoms with van der Waals surface area (Å²) in [6.45, 7) is 2.03. The van der Waals surface area contributed by atoms with E-state index in [1.54, 1.807) is 12.5 Å². The molecule has 1 aliphatic rings. The van der Waals surface area contributed by atoms with E-state index >= 15 is 0 Å². The number of furan rings is 1. The van der Waals surface area contributed by atoms with Gasteiger partial charge in [0.1, 0.15) is 5.69 Å². The Morgan fingerprint density at radius 1 is 1.00 bits per heavy atom. The molecule has 0 radical (unpaired) electrons. The molecule has 110 valence electrons. The van der Waals surface area contributed by atoms with Crippen molar-refractivity contribution < 1.29 is 4.42 Å². The number of nitrogens with zero attached hydrogens (tertiary/aromatic N) is 4. The number of rotatable bonds is 3. The van der Waals surface area contributed by atoms with Crippen molar-refractivity contribution in [3.05, 3.63) is 49.0 Å². The lowest BCUT2D eigenvalue weighted by atomic mass is 10.1. The molecule has 4 rings (SSSR count). The zero-order valence-corrected chi connectivity index (χ0v) is 12.1. The predicted molar refractivity (Wildman–Crippen MR) is 84.4 cm³/mol. The van der Waals surface area contributed by atoms with Crippen molar-refractivity contribution in [2.75, 3.05) is 18.0 Å². The summed E-state index contributed by atoms with van der Waals surface area (Å²) < 4.78 is 5.56. The number of anilines is 1.